The molecule has 1 aliphatic heterocycles. The van der Waals surface area contributed by atoms with Crippen LogP contribution in [0.1, 0.15) is 19.0 Å². The van der Waals surface area contributed by atoms with Gasteiger partial charge in [0, 0.05) is 11.7 Å². The molecule has 104 valence electrons. The van der Waals surface area contributed by atoms with Gasteiger partial charge in [-0.05, 0) is 32.0 Å². The summed E-state index contributed by atoms with van der Waals surface area (Å²) < 4.78 is 5.41. The molecule has 2 unspecified atom stereocenters. The van der Waals surface area contributed by atoms with Crippen molar-refractivity contribution in [2.45, 2.75) is 26.3 Å². The Bertz CT molecular complexity index is 436. The quantitative estimate of drug-likeness (QED) is 0.841. The minimum atomic E-state index is -0.145. The van der Waals surface area contributed by atoms with E-state index < -0.39 is 0 Å². The molecular weight excluding hydrogens is 242 g/mol. The lowest BCUT2D eigenvalue weighted by atomic mass is 10.0. The van der Waals surface area contributed by atoms with Crippen LogP contribution in [0.25, 0.3) is 0 Å². The summed E-state index contributed by atoms with van der Waals surface area (Å²) in [4.78, 5) is 16.5. The van der Waals surface area contributed by atoms with Gasteiger partial charge in [0.15, 0.2) is 0 Å². The number of amides is 1. The van der Waals surface area contributed by atoms with Gasteiger partial charge in [0.2, 0.25) is 5.91 Å². The number of anilines is 1. The highest BCUT2D eigenvalue weighted by Gasteiger charge is 2.33. The van der Waals surface area contributed by atoms with Crippen molar-refractivity contribution in [1.82, 2.24) is 10.3 Å². The zero-order valence-electron chi connectivity index (χ0n) is 11.5. The van der Waals surface area contributed by atoms with Gasteiger partial charge in [-0.15, -0.1) is 0 Å². The molecule has 0 saturated carbocycles. The lowest BCUT2D eigenvalue weighted by Crippen LogP contribution is -2.41. The summed E-state index contributed by atoms with van der Waals surface area (Å²) in [6.07, 6.45) is 1.05. The molecule has 0 bridgehead atoms. The summed E-state index contributed by atoms with van der Waals surface area (Å²) in [5.41, 5.74) is 0.890. The maximum absolute atomic E-state index is 12.2. The van der Waals surface area contributed by atoms with E-state index in [4.69, 9.17) is 4.74 Å². The summed E-state index contributed by atoms with van der Waals surface area (Å²) in [6, 6.07) is 5.69. The standard InChI is InChI=1S/C14H21N3O2/c1-3-7-15-12-9-19-8-11(12)14(18)17-13-6-4-5-10(2)16-13/h4-6,11-12,15H,3,7-9H2,1-2H3,(H,16,17,18). The van der Waals surface area contributed by atoms with Crippen LogP contribution in [0.2, 0.25) is 0 Å². The number of rotatable bonds is 5. The molecule has 5 nitrogen and oxygen atoms in total. The van der Waals surface area contributed by atoms with E-state index in [2.05, 4.69) is 22.5 Å². The van der Waals surface area contributed by atoms with E-state index in [9.17, 15) is 4.79 Å². The molecule has 0 aromatic carbocycles. The first-order valence-corrected chi connectivity index (χ1v) is 6.76. The van der Waals surface area contributed by atoms with Crippen LogP contribution in [0.3, 0.4) is 0 Å². The molecule has 1 amide bonds. The number of nitrogens with one attached hydrogen (secondary N) is 2. The van der Waals surface area contributed by atoms with Gasteiger partial charge in [-0.3, -0.25) is 4.79 Å². The van der Waals surface area contributed by atoms with Gasteiger partial charge in [-0.25, -0.2) is 4.98 Å². The van der Waals surface area contributed by atoms with Gasteiger partial charge < -0.3 is 15.4 Å². The molecule has 1 aromatic rings. The molecule has 1 saturated heterocycles. The van der Waals surface area contributed by atoms with Crippen molar-refractivity contribution in [3.05, 3.63) is 23.9 Å². The maximum Gasteiger partial charge on any atom is 0.232 e. The second kappa shape index (κ2) is 6.63. The molecule has 19 heavy (non-hydrogen) atoms. The van der Waals surface area contributed by atoms with E-state index in [1.807, 2.05) is 19.1 Å². The van der Waals surface area contributed by atoms with Gasteiger partial charge in [0.1, 0.15) is 5.82 Å². The average Bonchev–Trinajstić information content (AvgIpc) is 2.84. The van der Waals surface area contributed by atoms with Gasteiger partial charge in [0.05, 0.1) is 19.1 Å². The predicted molar refractivity (Wildman–Crippen MR) is 74.0 cm³/mol. The number of aromatic nitrogens is 1. The van der Waals surface area contributed by atoms with Crippen LogP contribution in [0.4, 0.5) is 5.82 Å². The van der Waals surface area contributed by atoms with Crippen LogP contribution < -0.4 is 10.6 Å². The topological polar surface area (TPSA) is 63.2 Å². The fourth-order valence-corrected chi connectivity index (χ4v) is 2.18. The molecule has 0 radical (unpaired) electrons. The van der Waals surface area contributed by atoms with Crippen LogP contribution in [0.5, 0.6) is 0 Å². The summed E-state index contributed by atoms with van der Waals surface area (Å²) in [6.45, 7) is 5.98. The molecule has 0 aliphatic carbocycles. The molecule has 5 heteroatoms. The minimum absolute atomic E-state index is 0.0239. The van der Waals surface area contributed by atoms with E-state index >= 15 is 0 Å². The molecule has 1 fully saturated rings. The Labute approximate surface area is 113 Å². The highest BCUT2D eigenvalue weighted by atomic mass is 16.5. The molecule has 2 heterocycles. The first-order valence-electron chi connectivity index (χ1n) is 6.76. The molecule has 2 rings (SSSR count). The van der Waals surface area contributed by atoms with Crippen molar-refractivity contribution in [2.24, 2.45) is 5.92 Å². The maximum atomic E-state index is 12.2. The monoisotopic (exact) mass is 263 g/mol. The molecule has 1 aliphatic rings. The molecule has 0 spiro atoms. The Kier molecular flexibility index (Phi) is 4.87. The van der Waals surface area contributed by atoms with Crippen molar-refractivity contribution >= 4 is 11.7 Å². The SMILES string of the molecule is CCCNC1COCC1C(=O)Nc1cccc(C)n1. The number of hydrogen-bond acceptors (Lipinski definition) is 4. The third kappa shape index (κ3) is 3.75. The molecule has 1 aromatic heterocycles. The largest absolute Gasteiger partial charge is 0.379 e. The van der Waals surface area contributed by atoms with E-state index in [1.54, 1.807) is 6.07 Å². The second-order valence-corrected chi connectivity index (χ2v) is 4.86. The van der Waals surface area contributed by atoms with Gasteiger partial charge in [-0.1, -0.05) is 13.0 Å². The Morgan fingerprint density at radius 3 is 3.05 bits per heavy atom. The zero-order valence-corrected chi connectivity index (χ0v) is 11.5. The van der Waals surface area contributed by atoms with Crippen molar-refractivity contribution in [3.8, 4) is 0 Å². The molecular formula is C14H21N3O2. The minimum Gasteiger partial charge on any atom is -0.379 e. The van der Waals surface area contributed by atoms with Gasteiger partial charge in [-0.2, -0.15) is 0 Å². The Balaban J connectivity index is 1.95. The number of carbonyl (C=O) groups excluding carboxylic acids is 1. The Morgan fingerprint density at radius 1 is 1.47 bits per heavy atom. The summed E-state index contributed by atoms with van der Waals surface area (Å²) in [5.74, 6) is 0.434. The fraction of sp³-hybridized carbons (Fsp3) is 0.571. The lowest BCUT2D eigenvalue weighted by molar-refractivity contribution is -0.120. The smallest absolute Gasteiger partial charge is 0.232 e. The lowest BCUT2D eigenvalue weighted by Gasteiger charge is -2.18. The second-order valence-electron chi connectivity index (χ2n) is 4.86. The highest BCUT2D eigenvalue weighted by molar-refractivity contribution is 5.92. The predicted octanol–water partition coefficient (Wildman–Crippen LogP) is 1.34. The normalized spacial score (nSPS) is 22.4. The van der Waals surface area contributed by atoms with Crippen LogP contribution >= 0.6 is 0 Å². The highest BCUT2D eigenvalue weighted by Crippen LogP contribution is 2.16. The first kappa shape index (κ1) is 14.0. The third-order valence-electron chi connectivity index (χ3n) is 3.21. The first-order chi connectivity index (χ1) is 9.20. The van der Waals surface area contributed by atoms with E-state index in [-0.39, 0.29) is 17.9 Å². The summed E-state index contributed by atoms with van der Waals surface area (Å²) >= 11 is 0. The van der Waals surface area contributed by atoms with Crippen LogP contribution in [0, 0.1) is 12.8 Å². The van der Waals surface area contributed by atoms with Crippen molar-refractivity contribution in [2.75, 3.05) is 25.1 Å². The van der Waals surface area contributed by atoms with E-state index in [1.165, 1.54) is 0 Å². The van der Waals surface area contributed by atoms with Crippen molar-refractivity contribution in [1.29, 1.82) is 0 Å². The van der Waals surface area contributed by atoms with Crippen LogP contribution in [0.15, 0.2) is 18.2 Å². The fourth-order valence-electron chi connectivity index (χ4n) is 2.18. The van der Waals surface area contributed by atoms with E-state index in [0.717, 1.165) is 18.7 Å². The Hall–Kier alpha value is -1.46. The number of ether oxygens (including phenoxy) is 1. The zero-order chi connectivity index (χ0) is 13.7. The van der Waals surface area contributed by atoms with Gasteiger partial charge >= 0.3 is 0 Å². The average molecular weight is 263 g/mol. The summed E-state index contributed by atoms with van der Waals surface area (Å²) in [5, 5.41) is 6.21. The van der Waals surface area contributed by atoms with Crippen LogP contribution in [-0.2, 0) is 9.53 Å². The van der Waals surface area contributed by atoms with E-state index in [0.29, 0.717) is 19.0 Å². The number of pyridine rings is 1. The van der Waals surface area contributed by atoms with Crippen molar-refractivity contribution in [3.63, 3.8) is 0 Å². The molecule has 2 N–H and O–H groups in total. The van der Waals surface area contributed by atoms with Gasteiger partial charge in [0.25, 0.3) is 0 Å². The third-order valence-corrected chi connectivity index (χ3v) is 3.21. The van der Waals surface area contributed by atoms with Crippen molar-refractivity contribution < 1.29 is 9.53 Å². The number of nitrogens with zero attached hydrogens (tertiary/aromatic N) is 1. The number of aryl methyl sites for hydroxylation is 1. The Morgan fingerprint density at radius 2 is 2.32 bits per heavy atom. The number of hydrogen-bond donors (Lipinski definition) is 2. The number of carbonyl (C=O) groups is 1. The molecule has 2 atom stereocenters. The summed E-state index contributed by atoms with van der Waals surface area (Å²) in [7, 11) is 0. The van der Waals surface area contributed by atoms with Crippen LogP contribution in [-0.4, -0.2) is 36.7 Å².